The summed E-state index contributed by atoms with van der Waals surface area (Å²) in [5.41, 5.74) is 0.951. The molecule has 3 aromatic rings. The average molecular weight is 288 g/mol. The van der Waals surface area contributed by atoms with Gasteiger partial charge < -0.3 is 4.98 Å². The summed E-state index contributed by atoms with van der Waals surface area (Å²) in [7, 11) is 0. The van der Waals surface area contributed by atoms with Gasteiger partial charge >= 0.3 is 6.18 Å². The Bertz CT molecular complexity index is 841. The van der Waals surface area contributed by atoms with Crippen molar-refractivity contribution in [3.8, 4) is 17.6 Å². The molecule has 2 aromatic heterocycles. The highest BCUT2D eigenvalue weighted by Crippen LogP contribution is 2.29. The Hall–Kier alpha value is -2.88. The second kappa shape index (κ2) is 4.59. The number of nitrogens with one attached hydrogen (secondary N) is 1. The minimum absolute atomic E-state index is 0.281. The van der Waals surface area contributed by atoms with Crippen LogP contribution < -0.4 is 0 Å². The van der Waals surface area contributed by atoms with Crippen molar-refractivity contribution in [2.24, 2.45) is 0 Å². The largest absolute Gasteiger partial charge is 0.417 e. The first kappa shape index (κ1) is 13.1. The molecule has 0 atom stereocenters. The van der Waals surface area contributed by atoms with Gasteiger partial charge in [0, 0.05) is 6.20 Å². The topological polar surface area (TPSA) is 65.4 Å². The summed E-state index contributed by atoms with van der Waals surface area (Å²) in [6.07, 6.45) is -3.67. The number of para-hydroxylation sites is 1. The van der Waals surface area contributed by atoms with Crippen LogP contribution in [-0.4, -0.2) is 15.0 Å². The van der Waals surface area contributed by atoms with E-state index in [1.807, 2.05) is 6.07 Å². The molecule has 0 aliphatic carbocycles. The first-order chi connectivity index (χ1) is 9.99. The summed E-state index contributed by atoms with van der Waals surface area (Å²) in [5.74, 6) is 0.321. The first-order valence-electron chi connectivity index (χ1n) is 5.91. The molecule has 4 nitrogen and oxygen atoms in total. The molecular formula is C14H7F3N4. The number of pyridine rings is 1. The monoisotopic (exact) mass is 288 g/mol. The highest BCUT2D eigenvalue weighted by Gasteiger charge is 2.30. The standard InChI is InChI=1S/C14H7F3N4/c15-14(16,17)9-4-5-11(19-7-9)13-20-10-3-1-2-8(6-18)12(10)21-13/h1-5,7H,(H,20,21). The number of aromatic amines is 1. The fourth-order valence-corrected chi connectivity index (χ4v) is 1.95. The molecular weight excluding hydrogens is 281 g/mol. The lowest BCUT2D eigenvalue weighted by Crippen LogP contribution is -2.05. The van der Waals surface area contributed by atoms with E-state index in [0.29, 0.717) is 22.4 Å². The van der Waals surface area contributed by atoms with Crippen LogP contribution in [0, 0.1) is 11.3 Å². The molecule has 0 saturated heterocycles. The molecule has 0 radical (unpaired) electrons. The zero-order valence-corrected chi connectivity index (χ0v) is 10.4. The van der Waals surface area contributed by atoms with Gasteiger partial charge in [0.05, 0.1) is 16.6 Å². The maximum atomic E-state index is 12.5. The van der Waals surface area contributed by atoms with Crippen molar-refractivity contribution in [2.75, 3.05) is 0 Å². The number of imidazole rings is 1. The van der Waals surface area contributed by atoms with Crippen molar-refractivity contribution in [1.29, 1.82) is 5.26 Å². The molecule has 0 aliphatic heterocycles. The van der Waals surface area contributed by atoms with Gasteiger partial charge in [0.2, 0.25) is 0 Å². The molecule has 1 aromatic carbocycles. The number of fused-ring (bicyclic) bond motifs is 1. The molecule has 104 valence electrons. The van der Waals surface area contributed by atoms with Crippen molar-refractivity contribution in [3.05, 3.63) is 47.7 Å². The quantitative estimate of drug-likeness (QED) is 0.745. The summed E-state index contributed by atoms with van der Waals surface area (Å²) < 4.78 is 37.5. The zero-order chi connectivity index (χ0) is 15.0. The molecule has 7 heteroatoms. The van der Waals surface area contributed by atoms with Crippen molar-refractivity contribution in [1.82, 2.24) is 15.0 Å². The smallest absolute Gasteiger partial charge is 0.337 e. The van der Waals surface area contributed by atoms with Gasteiger partial charge in [0.15, 0.2) is 5.82 Å². The third kappa shape index (κ3) is 2.31. The van der Waals surface area contributed by atoms with E-state index in [-0.39, 0.29) is 5.69 Å². The molecule has 21 heavy (non-hydrogen) atoms. The number of hydrogen-bond donors (Lipinski definition) is 1. The number of nitrogens with zero attached hydrogens (tertiary/aromatic N) is 3. The van der Waals surface area contributed by atoms with E-state index < -0.39 is 11.7 Å². The lowest BCUT2D eigenvalue weighted by molar-refractivity contribution is -0.137. The number of nitriles is 1. The van der Waals surface area contributed by atoms with Gasteiger partial charge in [-0.25, -0.2) is 4.98 Å². The third-order valence-electron chi connectivity index (χ3n) is 2.97. The molecule has 0 bridgehead atoms. The van der Waals surface area contributed by atoms with E-state index in [1.54, 1.807) is 18.2 Å². The van der Waals surface area contributed by atoms with Crippen molar-refractivity contribution in [3.63, 3.8) is 0 Å². The van der Waals surface area contributed by atoms with Crippen LogP contribution in [0.25, 0.3) is 22.6 Å². The van der Waals surface area contributed by atoms with E-state index in [1.165, 1.54) is 6.07 Å². The van der Waals surface area contributed by atoms with Gasteiger partial charge in [-0.15, -0.1) is 0 Å². The van der Waals surface area contributed by atoms with Crippen molar-refractivity contribution >= 4 is 11.0 Å². The number of alkyl halides is 3. The van der Waals surface area contributed by atoms with Crippen LogP contribution in [0.1, 0.15) is 11.1 Å². The predicted octanol–water partition coefficient (Wildman–Crippen LogP) is 3.52. The van der Waals surface area contributed by atoms with Gasteiger partial charge in [-0.05, 0) is 24.3 Å². The Morgan fingerprint density at radius 2 is 1.95 bits per heavy atom. The predicted molar refractivity (Wildman–Crippen MR) is 69.0 cm³/mol. The zero-order valence-electron chi connectivity index (χ0n) is 10.4. The molecule has 0 amide bonds. The highest BCUT2D eigenvalue weighted by atomic mass is 19.4. The van der Waals surface area contributed by atoms with Crippen LogP contribution in [0.3, 0.4) is 0 Å². The molecule has 1 N–H and O–H groups in total. The lowest BCUT2D eigenvalue weighted by atomic mass is 10.2. The third-order valence-corrected chi connectivity index (χ3v) is 2.97. The minimum atomic E-state index is -4.42. The Kier molecular flexibility index (Phi) is 2.87. The van der Waals surface area contributed by atoms with Crippen LogP contribution in [0.4, 0.5) is 13.2 Å². The first-order valence-corrected chi connectivity index (χ1v) is 5.91. The van der Waals surface area contributed by atoms with Crippen molar-refractivity contribution < 1.29 is 13.2 Å². The van der Waals surface area contributed by atoms with E-state index in [9.17, 15) is 13.2 Å². The van der Waals surface area contributed by atoms with Gasteiger partial charge in [-0.1, -0.05) is 6.07 Å². The normalized spacial score (nSPS) is 11.5. The fourth-order valence-electron chi connectivity index (χ4n) is 1.95. The average Bonchev–Trinajstić information content (AvgIpc) is 2.90. The van der Waals surface area contributed by atoms with E-state index >= 15 is 0 Å². The molecule has 3 rings (SSSR count). The van der Waals surface area contributed by atoms with E-state index in [0.717, 1.165) is 12.3 Å². The van der Waals surface area contributed by atoms with E-state index in [4.69, 9.17) is 5.26 Å². The van der Waals surface area contributed by atoms with Gasteiger partial charge in [-0.3, -0.25) is 4.98 Å². The highest BCUT2D eigenvalue weighted by molar-refractivity contribution is 5.84. The van der Waals surface area contributed by atoms with Crippen LogP contribution in [0.15, 0.2) is 36.5 Å². The van der Waals surface area contributed by atoms with Crippen LogP contribution >= 0.6 is 0 Å². The van der Waals surface area contributed by atoms with Crippen LogP contribution in [-0.2, 0) is 6.18 Å². The number of rotatable bonds is 1. The Morgan fingerprint density at radius 3 is 2.57 bits per heavy atom. The molecule has 0 saturated carbocycles. The van der Waals surface area contributed by atoms with Crippen molar-refractivity contribution in [2.45, 2.75) is 6.18 Å². The fraction of sp³-hybridized carbons (Fsp3) is 0.0714. The molecule has 0 spiro atoms. The van der Waals surface area contributed by atoms with Gasteiger partial charge in [0.25, 0.3) is 0 Å². The van der Waals surface area contributed by atoms with Crippen LogP contribution in [0.2, 0.25) is 0 Å². The molecule has 0 unspecified atom stereocenters. The summed E-state index contributed by atoms with van der Waals surface area (Å²) >= 11 is 0. The number of H-pyrrole nitrogens is 1. The molecule has 0 fully saturated rings. The Balaban J connectivity index is 2.07. The second-order valence-electron chi connectivity index (χ2n) is 4.33. The molecule has 0 aliphatic rings. The minimum Gasteiger partial charge on any atom is -0.337 e. The van der Waals surface area contributed by atoms with Gasteiger partial charge in [0.1, 0.15) is 17.3 Å². The summed E-state index contributed by atoms with van der Waals surface area (Å²) in [5, 5.41) is 9.00. The second-order valence-corrected chi connectivity index (χ2v) is 4.33. The summed E-state index contributed by atoms with van der Waals surface area (Å²) in [4.78, 5) is 10.9. The molecule has 2 heterocycles. The lowest BCUT2D eigenvalue weighted by Gasteiger charge is -2.05. The van der Waals surface area contributed by atoms with Crippen LogP contribution in [0.5, 0.6) is 0 Å². The number of aromatic nitrogens is 3. The maximum Gasteiger partial charge on any atom is 0.417 e. The Morgan fingerprint density at radius 1 is 1.14 bits per heavy atom. The number of halogens is 3. The Labute approximate surface area is 116 Å². The van der Waals surface area contributed by atoms with E-state index in [2.05, 4.69) is 15.0 Å². The summed E-state index contributed by atoms with van der Waals surface area (Å²) in [6.45, 7) is 0. The maximum absolute atomic E-state index is 12.5. The summed E-state index contributed by atoms with van der Waals surface area (Å²) in [6, 6.07) is 9.25. The van der Waals surface area contributed by atoms with Gasteiger partial charge in [-0.2, -0.15) is 18.4 Å². The number of benzene rings is 1. The SMILES string of the molecule is N#Cc1cccc2[nH]c(-c3ccc(C(F)(F)F)cn3)nc12. The number of hydrogen-bond acceptors (Lipinski definition) is 3.